The summed E-state index contributed by atoms with van der Waals surface area (Å²) in [6.45, 7) is 2.47. The number of para-hydroxylation sites is 1. The van der Waals surface area contributed by atoms with Crippen LogP contribution in [0.15, 0.2) is 61.1 Å². The van der Waals surface area contributed by atoms with Gasteiger partial charge in [-0.2, -0.15) is 10.1 Å². The van der Waals surface area contributed by atoms with Gasteiger partial charge in [0, 0.05) is 46.3 Å². The smallest absolute Gasteiger partial charge is 0.224 e. The Hall–Kier alpha value is -3.87. The van der Waals surface area contributed by atoms with Gasteiger partial charge in [0.2, 0.25) is 5.88 Å². The highest BCUT2D eigenvalue weighted by molar-refractivity contribution is 5.81. The van der Waals surface area contributed by atoms with Gasteiger partial charge in [0.25, 0.3) is 0 Å². The number of fused-ring (bicyclic) bond motifs is 2. The van der Waals surface area contributed by atoms with Crippen LogP contribution in [0.4, 0.5) is 0 Å². The van der Waals surface area contributed by atoms with Crippen molar-refractivity contribution in [3.8, 4) is 17.0 Å². The molecule has 1 N–H and O–H groups in total. The number of benzene rings is 1. The zero-order valence-corrected chi connectivity index (χ0v) is 17.0. The first-order chi connectivity index (χ1) is 15.2. The first-order valence-corrected chi connectivity index (χ1v) is 10.4. The molecule has 4 aromatic heterocycles. The van der Waals surface area contributed by atoms with Crippen LogP contribution in [0, 0.1) is 12.8 Å². The molecule has 0 spiro atoms. The lowest BCUT2D eigenvalue weighted by molar-refractivity contribution is 0.285. The maximum Gasteiger partial charge on any atom is 0.224 e. The minimum atomic E-state index is 0.430. The van der Waals surface area contributed by atoms with Crippen molar-refractivity contribution in [3.05, 3.63) is 72.6 Å². The molecule has 1 aliphatic rings. The highest BCUT2D eigenvalue weighted by Gasteiger charge is 2.40. The highest BCUT2D eigenvalue weighted by atomic mass is 16.5. The van der Waals surface area contributed by atoms with E-state index >= 15 is 0 Å². The predicted molar refractivity (Wildman–Crippen MR) is 118 cm³/mol. The van der Waals surface area contributed by atoms with Crippen molar-refractivity contribution in [2.75, 3.05) is 6.61 Å². The molecule has 4 heterocycles. The third kappa shape index (κ3) is 3.38. The fourth-order valence-electron chi connectivity index (χ4n) is 4.01. The largest absolute Gasteiger partial charge is 0.477 e. The Morgan fingerprint density at radius 3 is 2.90 bits per heavy atom. The van der Waals surface area contributed by atoms with Gasteiger partial charge in [0.15, 0.2) is 5.65 Å². The maximum atomic E-state index is 6.20. The maximum absolute atomic E-state index is 6.20. The van der Waals surface area contributed by atoms with Gasteiger partial charge in [-0.15, -0.1) is 0 Å². The molecular weight excluding hydrogens is 388 g/mol. The summed E-state index contributed by atoms with van der Waals surface area (Å²) in [5.41, 5.74) is 4.68. The van der Waals surface area contributed by atoms with Crippen molar-refractivity contribution < 1.29 is 4.74 Å². The van der Waals surface area contributed by atoms with E-state index in [4.69, 9.17) is 9.72 Å². The molecule has 0 unspecified atom stereocenters. The Morgan fingerprint density at radius 1 is 1.00 bits per heavy atom. The number of aromatic nitrogens is 6. The Morgan fingerprint density at radius 2 is 1.94 bits per heavy atom. The number of ether oxygens (including phenoxy) is 1. The van der Waals surface area contributed by atoms with Crippen molar-refractivity contribution in [2.24, 2.45) is 5.92 Å². The fraction of sp³-hybridized carbons (Fsp3) is 0.208. The zero-order chi connectivity index (χ0) is 20.8. The summed E-state index contributed by atoms with van der Waals surface area (Å²) < 4.78 is 6.20. The summed E-state index contributed by atoms with van der Waals surface area (Å²) in [6, 6.07) is 14.5. The van der Waals surface area contributed by atoms with Crippen molar-refractivity contribution in [2.45, 2.75) is 19.3 Å². The number of aromatic amines is 1. The molecule has 0 saturated heterocycles. The van der Waals surface area contributed by atoms with E-state index in [-0.39, 0.29) is 0 Å². The molecule has 1 fully saturated rings. The van der Waals surface area contributed by atoms with Crippen LogP contribution < -0.4 is 4.74 Å². The molecule has 7 heteroatoms. The van der Waals surface area contributed by atoms with E-state index in [1.165, 1.54) is 5.39 Å². The summed E-state index contributed by atoms with van der Waals surface area (Å²) in [5, 5.41) is 9.02. The Bertz CT molecular complexity index is 1410. The highest BCUT2D eigenvalue weighted by Crippen LogP contribution is 2.47. The molecule has 1 saturated carbocycles. The first kappa shape index (κ1) is 17.9. The molecular formula is C24H20N6O. The monoisotopic (exact) mass is 408 g/mol. The van der Waals surface area contributed by atoms with Crippen LogP contribution in [0.25, 0.3) is 33.1 Å². The zero-order valence-electron chi connectivity index (χ0n) is 17.0. The van der Waals surface area contributed by atoms with Gasteiger partial charge in [-0.1, -0.05) is 24.3 Å². The molecule has 0 aliphatic heterocycles. The summed E-state index contributed by atoms with van der Waals surface area (Å²) in [4.78, 5) is 18.2. The molecule has 6 rings (SSSR count). The average Bonchev–Trinajstić information content (AvgIpc) is 3.43. The van der Waals surface area contributed by atoms with Gasteiger partial charge in [0.05, 0.1) is 23.9 Å². The summed E-state index contributed by atoms with van der Waals surface area (Å²) >= 11 is 0. The molecule has 5 aromatic rings. The number of H-pyrrole nitrogens is 1. The number of hydrogen-bond acceptors (Lipinski definition) is 6. The second-order valence-electron chi connectivity index (χ2n) is 8.01. The van der Waals surface area contributed by atoms with Gasteiger partial charge in [-0.25, -0.2) is 9.97 Å². The van der Waals surface area contributed by atoms with E-state index in [1.54, 1.807) is 18.6 Å². The second kappa shape index (κ2) is 7.12. The molecule has 1 aliphatic carbocycles. The third-order valence-corrected chi connectivity index (χ3v) is 5.83. The van der Waals surface area contributed by atoms with E-state index in [1.807, 2.05) is 25.1 Å². The van der Waals surface area contributed by atoms with Gasteiger partial charge >= 0.3 is 0 Å². The molecule has 31 heavy (non-hydrogen) atoms. The van der Waals surface area contributed by atoms with Crippen LogP contribution in [0.5, 0.6) is 5.88 Å². The fourth-order valence-corrected chi connectivity index (χ4v) is 4.01. The minimum Gasteiger partial charge on any atom is -0.477 e. The number of pyridine rings is 2. The van der Waals surface area contributed by atoms with E-state index in [2.05, 4.69) is 49.4 Å². The predicted octanol–water partition coefficient (Wildman–Crippen LogP) is 4.45. The number of aryl methyl sites for hydroxylation is 1. The number of rotatable bonds is 5. The third-order valence-electron chi connectivity index (χ3n) is 5.83. The normalized spacial score (nSPS) is 17.8. The lowest BCUT2D eigenvalue weighted by Gasteiger charge is -2.11. The Balaban J connectivity index is 1.22. The van der Waals surface area contributed by atoms with Gasteiger partial charge in [0.1, 0.15) is 5.82 Å². The van der Waals surface area contributed by atoms with Crippen molar-refractivity contribution >= 4 is 21.9 Å². The van der Waals surface area contributed by atoms with Gasteiger partial charge in [-0.3, -0.25) is 10.1 Å². The molecule has 7 nitrogen and oxygen atoms in total. The molecule has 0 bridgehead atoms. The first-order valence-electron chi connectivity index (χ1n) is 10.4. The Kier molecular flexibility index (Phi) is 4.12. The van der Waals surface area contributed by atoms with Crippen molar-refractivity contribution in [1.29, 1.82) is 0 Å². The standard InChI is InChI=1S/C24H20N6O/c1-14-25-12-20(16-8-17-11-27-30-23(17)26-10-16)24(28-14)31-13-18-9-19(18)22-7-6-15-4-2-3-5-21(15)29-22/h2-8,10-12,18-19H,9,13H2,1H3,(H,26,27,30)/t18-,19+/m1/s1. The van der Waals surface area contributed by atoms with Crippen LogP contribution in [0.2, 0.25) is 0 Å². The molecule has 0 radical (unpaired) electrons. The van der Waals surface area contributed by atoms with Crippen LogP contribution in [0.1, 0.15) is 23.9 Å². The SMILES string of the molecule is Cc1ncc(-c2cnc3[nH]ncc3c2)c(OC[C@H]2C[C@@H]2c2ccc3ccccc3n2)n1. The number of nitrogens with one attached hydrogen (secondary N) is 1. The summed E-state index contributed by atoms with van der Waals surface area (Å²) in [5.74, 6) is 2.14. The lowest BCUT2D eigenvalue weighted by Crippen LogP contribution is -2.05. The topological polar surface area (TPSA) is 89.5 Å². The van der Waals surface area contributed by atoms with Crippen LogP contribution in [-0.2, 0) is 0 Å². The van der Waals surface area contributed by atoms with Crippen LogP contribution in [-0.4, -0.2) is 36.7 Å². The molecule has 2 atom stereocenters. The quantitative estimate of drug-likeness (QED) is 0.462. The van der Waals surface area contributed by atoms with E-state index < -0.39 is 0 Å². The summed E-state index contributed by atoms with van der Waals surface area (Å²) in [6.07, 6.45) is 6.43. The van der Waals surface area contributed by atoms with E-state index in [0.717, 1.165) is 39.8 Å². The molecule has 1 aromatic carbocycles. The second-order valence-corrected chi connectivity index (χ2v) is 8.01. The minimum absolute atomic E-state index is 0.430. The van der Waals surface area contributed by atoms with Crippen LogP contribution >= 0.6 is 0 Å². The summed E-state index contributed by atoms with van der Waals surface area (Å²) in [7, 11) is 0. The van der Waals surface area contributed by atoms with E-state index in [0.29, 0.717) is 30.1 Å². The van der Waals surface area contributed by atoms with Crippen molar-refractivity contribution in [3.63, 3.8) is 0 Å². The van der Waals surface area contributed by atoms with Gasteiger partial charge < -0.3 is 4.74 Å². The number of hydrogen-bond donors (Lipinski definition) is 1. The van der Waals surface area contributed by atoms with Crippen LogP contribution in [0.3, 0.4) is 0 Å². The van der Waals surface area contributed by atoms with E-state index in [9.17, 15) is 0 Å². The van der Waals surface area contributed by atoms with Crippen molar-refractivity contribution in [1.82, 2.24) is 30.1 Å². The number of nitrogens with zero attached hydrogens (tertiary/aromatic N) is 5. The Labute approximate surface area is 178 Å². The van der Waals surface area contributed by atoms with Gasteiger partial charge in [-0.05, 0) is 31.5 Å². The lowest BCUT2D eigenvalue weighted by atomic mass is 10.1. The average molecular weight is 408 g/mol. The molecule has 0 amide bonds. The molecule has 152 valence electrons.